The predicted molar refractivity (Wildman–Crippen MR) is 141 cm³/mol. The Labute approximate surface area is 220 Å². The summed E-state index contributed by atoms with van der Waals surface area (Å²) in [4.78, 5) is 31.0. The van der Waals surface area contributed by atoms with Crippen molar-refractivity contribution < 1.29 is 19.1 Å². The minimum Gasteiger partial charge on any atom is -0.465 e. The van der Waals surface area contributed by atoms with Crippen LogP contribution in [-0.4, -0.2) is 65.3 Å². The number of nitrogens with zero attached hydrogens (tertiary/aromatic N) is 3. The Morgan fingerprint density at radius 3 is 2.79 bits per heavy atom. The number of aromatic nitrogens is 1. The number of halogens is 1. The summed E-state index contributed by atoms with van der Waals surface area (Å²) in [6.07, 6.45) is -0.540. The maximum absolute atomic E-state index is 13.6. The zero-order valence-electron chi connectivity index (χ0n) is 21.0. The predicted octanol–water partition coefficient (Wildman–Crippen LogP) is 3.49. The number of amides is 2. The van der Waals surface area contributed by atoms with Crippen LogP contribution in [0.3, 0.4) is 0 Å². The van der Waals surface area contributed by atoms with Crippen molar-refractivity contribution in [3.8, 4) is 17.3 Å². The number of hydrogen-bond donors (Lipinski definition) is 4. The van der Waals surface area contributed by atoms with Gasteiger partial charge in [-0.15, -0.1) is 0 Å². The fraction of sp³-hybridized carbons (Fsp3) is 0.286. The highest BCUT2D eigenvalue weighted by Crippen LogP contribution is 2.25. The lowest BCUT2D eigenvalue weighted by atomic mass is 9.97. The summed E-state index contributed by atoms with van der Waals surface area (Å²) in [5, 5.41) is 28.4. The third-order valence-corrected chi connectivity index (χ3v) is 6.59. The Bertz CT molecular complexity index is 1370. The molecular weight excluding hydrogens is 487 g/mol. The number of carboxylic acid groups (broad SMARTS) is 1. The number of nitrogens with one attached hydrogen (secondary N) is 3. The lowest BCUT2D eigenvalue weighted by Crippen LogP contribution is -2.65. The molecule has 0 spiro atoms. The smallest absolute Gasteiger partial charge is 0.407 e. The standard InChI is InChI=1S/C28H29FN6O3/c1-28(17-31-13-14-35(28)27(37)38)18-33-26(36)23-9-10-24(22-8-3-2-6-20(22)16-30)34-25(23)32-12-11-19-5-4-7-21(29)15-19/h2-10,15,31H,11-14,17-18H2,1H3,(H,32,34)(H,33,36)(H,37,38)/t28-/m1/s1. The van der Waals surface area contributed by atoms with Crippen molar-refractivity contribution in [3.05, 3.63) is 83.2 Å². The fourth-order valence-corrected chi connectivity index (χ4v) is 4.51. The van der Waals surface area contributed by atoms with Crippen LogP contribution in [0, 0.1) is 17.1 Å². The van der Waals surface area contributed by atoms with Crippen molar-refractivity contribution in [1.29, 1.82) is 5.26 Å². The van der Waals surface area contributed by atoms with Gasteiger partial charge in [0.05, 0.1) is 28.4 Å². The molecule has 1 aliphatic heterocycles. The zero-order chi connectivity index (χ0) is 27.1. The number of piperazine rings is 1. The molecule has 1 fully saturated rings. The van der Waals surface area contributed by atoms with Gasteiger partial charge >= 0.3 is 6.09 Å². The van der Waals surface area contributed by atoms with Crippen molar-refractivity contribution >= 4 is 17.8 Å². The average Bonchev–Trinajstić information content (AvgIpc) is 2.92. The van der Waals surface area contributed by atoms with E-state index in [-0.39, 0.29) is 17.9 Å². The molecule has 0 aliphatic carbocycles. The molecule has 0 radical (unpaired) electrons. The second-order valence-electron chi connectivity index (χ2n) is 9.35. The fourth-order valence-electron chi connectivity index (χ4n) is 4.51. The van der Waals surface area contributed by atoms with Gasteiger partial charge in [-0.05, 0) is 49.2 Å². The molecule has 4 N–H and O–H groups in total. The average molecular weight is 517 g/mol. The van der Waals surface area contributed by atoms with Gasteiger partial charge in [0.15, 0.2) is 0 Å². The number of carbonyl (C=O) groups is 2. The minimum absolute atomic E-state index is 0.104. The molecule has 1 aliphatic rings. The molecule has 9 nitrogen and oxygen atoms in total. The van der Waals surface area contributed by atoms with Crippen LogP contribution in [0.1, 0.15) is 28.4 Å². The van der Waals surface area contributed by atoms with Crippen LogP contribution in [0.4, 0.5) is 15.0 Å². The molecule has 2 aromatic carbocycles. The molecule has 1 saturated heterocycles. The van der Waals surface area contributed by atoms with E-state index in [1.165, 1.54) is 17.0 Å². The second kappa shape index (κ2) is 11.7. The van der Waals surface area contributed by atoms with Gasteiger partial charge in [0.2, 0.25) is 0 Å². The van der Waals surface area contributed by atoms with E-state index in [4.69, 9.17) is 0 Å². The minimum atomic E-state index is -1.04. The zero-order valence-corrected chi connectivity index (χ0v) is 21.0. The number of hydrogen-bond acceptors (Lipinski definition) is 6. The third-order valence-electron chi connectivity index (χ3n) is 6.59. The second-order valence-corrected chi connectivity index (χ2v) is 9.35. The summed E-state index contributed by atoms with van der Waals surface area (Å²) in [6.45, 7) is 3.54. The Morgan fingerprint density at radius 1 is 1.21 bits per heavy atom. The lowest BCUT2D eigenvalue weighted by molar-refractivity contribution is 0.0623. The molecule has 196 valence electrons. The van der Waals surface area contributed by atoms with Gasteiger partial charge in [0.25, 0.3) is 5.91 Å². The highest BCUT2D eigenvalue weighted by Gasteiger charge is 2.38. The van der Waals surface area contributed by atoms with E-state index in [1.54, 1.807) is 43.3 Å². The molecule has 2 heterocycles. The summed E-state index contributed by atoms with van der Waals surface area (Å²) < 4.78 is 13.6. The van der Waals surface area contributed by atoms with Crippen molar-refractivity contribution in [2.75, 3.05) is 38.0 Å². The van der Waals surface area contributed by atoms with E-state index in [2.05, 4.69) is 27.0 Å². The van der Waals surface area contributed by atoms with Crippen molar-refractivity contribution in [2.45, 2.75) is 18.9 Å². The first-order chi connectivity index (χ1) is 18.3. The van der Waals surface area contributed by atoms with E-state index in [1.807, 2.05) is 12.1 Å². The van der Waals surface area contributed by atoms with Crippen LogP contribution in [0.2, 0.25) is 0 Å². The molecule has 0 unspecified atom stereocenters. The maximum atomic E-state index is 13.6. The van der Waals surface area contributed by atoms with E-state index in [9.17, 15) is 24.3 Å². The topological polar surface area (TPSA) is 130 Å². The number of carbonyl (C=O) groups excluding carboxylic acids is 1. The van der Waals surface area contributed by atoms with Crippen LogP contribution < -0.4 is 16.0 Å². The normalized spacial score (nSPS) is 16.9. The molecule has 0 bridgehead atoms. The van der Waals surface area contributed by atoms with Crippen molar-refractivity contribution in [1.82, 2.24) is 20.5 Å². The van der Waals surface area contributed by atoms with Crippen LogP contribution in [0.5, 0.6) is 0 Å². The van der Waals surface area contributed by atoms with Gasteiger partial charge in [-0.1, -0.05) is 30.3 Å². The Balaban J connectivity index is 1.58. The molecule has 10 heteroatoms. The Morgan fingerprint density at radius 2 is 2.03 bits per heavy atom. The first kappa shape index (κ1) is 26.6. The summed E-state index contributed by atoms with van der Waals surface area (Å²) in [7, 11) is 0. The van der Waals surface area contributed by atoms with Crippen LogP contribution >= 0.6 is 0 Å². The maximum Gasteiger partial charge on any atom is 0.407 e. The number of pyridine rings is 1. The van der Waals surface area contributed by atoms with Gasteiger partial charge in [-0.25, -0.2) is 14.2 Å². The largest absolute Gasteiger partial charge is 0.465 e. The van der Waals surface area contributed by atoms with Crippen LogP contribution in [0.15, 0.2) is 60.7 Å². The molecule has 3 aromatic rings. The first-order valence-corrected chi connectivity index (χ1v) is 12.3. The van der Waals surface area contributed by atoms with Crippen LogP contribution in [-0.2, 0) is 6.42 Å². The quantitative estimate of drug-likeness (QED) is 0.361. The van der Waals surface area contributed by atoms with E-state index in [0.29, 0.717) is 55.2 Å². The lowest BCUT2D eigenvalue weighted by Gasteiger charge is -2.43. The molecule has 1 aromatic heterocycles. The molecule has 2 amide bonds. The van der Waals surface area contributed by atoms with Gasteiger partial charge in [0, 0.05) is 38.3 Å². The number of anilines is 1. The molecular formula is C28H29FN6O3. The molecule has 0 saturated carbocycles. The summed E-state index contributed by atoms with van der Waals surface area (Å²) in [6, 6.07) is 18.8. The van der Waals surface area contributed by atoms with E-state index >= 15 is 0 Å². The first-order valence-electron chi connectivity index (χ1n) is 12.3. The van der Waals surface area contributed by atoms with Gasteiger partial charge in [-0.3, -0.25) is 9.69 Å². The van der Waals surface area contributed by atoms with Gasteiger partial charge in [0.1, 0.15) is 11.6 Å². The SMILES string of the molecule is C[C@]1(CNC(=O)c2ccc(-c3ccccc3C#N)nc2NCCc2cccc(F)c2)CNCCN1C(=O)O. The number of benzene rings is 2. The Hall–Kier alpha value is -4.49. The summed E-state index contributed by atoms with van der Waals surface area (Å²) in [5.41, 5.74) is 1.86. The monoisotopic (exact) mass is 516 g/mol. The van der Waals surface area contributed by atoms with E-state index < -0.39 is 17.5 Å². The van der Waals surface area contributed by atoms with Gasteiger partial charge < -0.3 is 21.1 Å². The van der Waals surface area contributed by atoms with Crippen molar-refractivity contribution in [3.63, 3.8) is 0 Å². The van der Waals surface area contributed by atoms with E-state index in [0.717, 1.165) is 5.56 Å². The molecule has 38 heavy (non-hydrogen) atoms. The van der Waals surface area contributed by atoms with Crippen LogP contribution in [0.25, 0.3) is 11.3 Å². The Kier molecular flexibility index (Phi) is 8.19. The third kappa shape index (κ3) is 6.07. The number of nitriles is 1. The number of rotatable bonds is 8. The van der Waals surface area contributed by atoms with Gasteiger partial charge in [-0.2, -0.15) is 5.26 Å². The van der Waals surface area contributed by atoms with Crippen molar-refractivity contribution in [2.24, 2.45) is 0 Å². The molecule has 1 atom stereocenters. The highest BCUT2D eigenvalue weighted by atomic mass is 19.1. The summed E-state index contributed by atoms with van der Waals surface area (Å²) in [5.74, 6) is -0.425. The highest BCUT2D eigenvalue weighted by molar-refractivity contribution is 5.99. The molecule has 4 rings (SSSR count). The summed E-state index contributed by atoms with van der Waals surface area (Å²) >= 11 is 0.